The van der Waals surface area contributed by atoms with E-state index in [-0.39, 0.29) is 0 Å². The number of benzene rings is 2. The van der Waals surface area contributed by atoms with Crippen LogP contribution in [0.3, 0.4) is 0 Å². The summed E-state index contributed by atoms with van der Waals surface area (Å²) in [5.41, 5.74) is 1.33. The molecule has 0 saturated heterocycles. The van der Waals surface area contributed by atoms with Crippen LogP contribution in [0.2, 0.25) is 0 Å². The molecule has 0 spiro atoms. The summed E-state index contributed by atoms with van der Waals surface area (Å²) < 4.78 is 0. The Hall–Kier alpha value is -1.34. The van der Waals surface area contributed by atoms with Crippen LogP contribution < -0.4 is 5.32 Å². The van der Waals surface area contributed by atoms with E-state index < -0.39 is 0 Å². The zero-order valence-corrected chi connectivity index (χ0v) is 7.67. The zero-order chi connectivity index (χ0) is 9.10. The highest BCUT2D eigenvalue weighted by Gasteiger charge is 1.97. The van der Waals surface area contributed by atoms with E-state index >= 15 is 0 Å². The van der Waals surface area contributed by atoms with E-state index in [1.807, 2.05) is 19.2 Å². The monoisotopic (exact) mass is 170 g/mol. The predicted molar refractivity (Wildman–Crippen MR) is 55.5 cm³/mol. The highest BCUT2D eigenvalue weighted by molar-refractivity contribution is 5.85. The maximum Gasteiger partial charge on any atom is 0.0208 e. The molecule has 0 heterocycles. The van der Waals surface area contributed by atoms with Gasteiger partial charge in [0.2, 0.25) is 0 Å². The number of hydrogen-bond donors (Lipinski definition) is 1. The summed E-state index contributed by atoms with van der Waals surface area (Å²) in [7, 11) is 1.96. The van der Waals surface area contributed by atoms with Crippen LogP contribution in [-0.4, -0.2) is 7.05 Å². The van der Waals surface area contributed by atoms with Crippen molar-refractivity contribution in [3.63, 3.8) is 0 Å². The second kappa shape index (κ2) is 3.58. The predicted octanol–water partition coefficient (Wildman–Crippen LogP) is 2.36. The van der Waals surface area contributed by atoms with Crippen molar-refractivity contribution in [3.8, 4) is 0 Å². The van der Waals surface area contributed by atoms with Gasteiger partial charge in [0.15, 0.2) is 0 Å². The van der Waals surface area contributed by atoms with Crippen LogP contribution in [0, 0.1) is 6.07 Å². The summed E-state index contributed by atoms with van der Waals surface area (Å²) >= 11 is 0. The number of hydrogen-bond acceptors (Lipinski definition) is 1. The molecule has 0 saturated carbocycles. The molecule has 65 valence electrons. The molecule has 2 aromatic rings. The SMILES string of the molecule is CNCc1cccc2[c]cccc12. The Morgan fingerprint density at radius 2 is 2.15 bits per heavy atom. The minimum Gasteiger partial charge on any atom is -0.316 e. The third kappa shape index (κ3) is 1.56. The molecule has 1 nitrogen and oxygen atoms in total. The van der Waals surface area contributed by atoms with Gasteiger partial charge in [-0.05, 0) is 29.4 Å². The van der Waals surface area contributed by atoms with Crippen molar-refractivity contribution in [1.82, 2.24) is 5.32 Å². The molecule has 13 heavy (non-hydrogen) atoms. The zero-order valence-electron chi connectivity index (χ0n) is 7.67. The van der Waals surface area contributed by atoms with Gasteiger partial charge in [-0.2, -0.15) is 0 Å². The van der Waals surface area contributed by atoms with Crippen LogP contribution in [0.5, 0.6) is 0 Å². The lowest BCUT2D eigenvalue weighted by atomic mass is 10.0. The van der Waals surface area contributed by atoms with Gasteiger partial charge in [-0.3, -0.25) is 0 Å². The van der Waals surface area contributed by atoms with Gasteiger partial charge in [-0.15, -0.1) is 0 Å². The summed E-state index contributed by atoms with van der Waals surface area (Å²) in [4.78, 5) is 0. The van der Waals surface area contributed by atoms with Gasteiger partial charge in [0, 0.05) is 6.54 Å². The van der Waals surface area contributed by atoms with Gasteiger partial charge >= 0.3 is 0 Å². The van der Waals surface area contributed by atoms with E-state index in [0.717, 1.165) is 6.54 Å². The van der Waals surface area contributed by atoms with Gasteiger partial charge in [-0.1, -0.05) is 36.4 Å². The number of fused-ring (bicyclic) bond motifs is 1. The second-order valence-electron chi connectivity index (χ2n) is 3.08. The lowest BCUT2D eigenvalue weighted by Crippen LogP contribution is -2.05. The Balaban J connectivity index is 2.61. The Labute approximate surface area is 78.4 Å². The van der Waals surface area contributed by atoms with Crippen LogP contribution in [0.4, 0.5) is 0 Å². The minimum atomic E-state index is 0.912. The van der Waals surface area contributed by atoms with E-state index in [9.17, 15) is 0 Å². The number of nitrogens with one attached hydrogen (secondary N) is 1. The smallest absolute Gasteiger partial charge is 0.0208 e. The Kier molecular flexibility index (Phi) is 2.28. The molecule has 0 fully saturated rings. The summed E-state index contributed by atoms with van der Waals surface area (Å²) in [6, 6.07) is 15.7. The van der Waals surface area contributed by atoms with Gasteiger partial charge in [0.1, 0.15) is 0 Å². The lowest BCUT2D eigenvalue weighted by Gasteiger charge is -2.04. The van der Waals surface area contributed by atoms with E-state index in [2.05, 4.69) is 35.6 Å². The topological polar surface area (TPSA) is 12.0 Å². The Morgan fingerprint density at radius 1 is 1.23 bits per heavy atom. The van der Waals surface area contributed by atoms with E-state index in [1.165, 1.54) is 16.3 Å². The van der Waals surface area contributed by atoms with Crippen LogP contribution in [0.1, 0.15) is 5.56 Å². The van der Waals surface area contributed by atoms with Crippen LogP contribution in [0.25, 0.3) is 10.8 Å². The minimum absolute atomic E-state index is 0.912. The van der Waals surface area contributed by atoms with Crippen molar-refractivity contribution in [1.29, 1.82) is 0 Å². The molecule has 0 aromatic heterocycles. The van der Waals surface area contributed by atoms with Crippen molar-refractivity contribution in [3.05, 3.63) is 48.0 Å². The summed E-state index contributed by atoms with van der Waals surface area (Å²) in [6.45, 7) is 0.912. The van der Waals surface area contributed by atoms with Crippen LogP contribution in [-0.2, 0) is 6.54 Å². The van der Waals surface area contributed by atoms with Crippen molar-refractivity contribution < 1.29 is 0 Å². The van der Waals surface area contributed by atoms with Gasteiger partial charge in [-0.25, -0.2) is 0 Å². The van der Waals surface area contributed by atoms with E-state index in [1.54, 1.807) is 0 Å². The van der Waals surface area contributed by atoms with Gasteiger partial charge < -0.3 is 5.32 Å². The molecule has 0 amide bonds. The third-order valence-electron chi connectivity index (χ3n) is 2.16. The molecule has 0 atom stereocenters. The molecule has 1 heteroatoms. The standard InChI is InChI=1S/C12H12N/c1-13-9-11-7-4-6-10-5-2-3-8-12(10)11/h2-4,6-8,13H,9H2,1H3. The maximum absolute atomic E-state index is 3.22. The fourth-order valence-corrected chi connectivity index (χ4v) is 1.56. The fraction of sp³-hybridized carbons (Fsp3) is 0.167. The largest absolute Gasteiger partial charge is 0.316 e. The molecule has 0 bridgehead atoms. The summed E-state index contributed by atoms with van der Waals surface area (Å²) in [6.07, 6.45) is 0. The first-order valence-corrected chi connectivity index (χ1v) is 4.45. The average Bonchev–Trinajstić information content (AvgIpc) is 2.19. The molecule has 0 aliphatic rings. The van der Waals surface area contributed by atoms with Gasteiger partial charge in [0.05, 0.1) is 0 Å². The van der Waals surface area contributed by atoms with Crippen molar-refractivity contribution in [2.45, 2.75) is 6.54 Å². The van der Waals surface area contributed by atoms with Crippen molar-refractivity contribution in [2.24, 2.45) is 0 Å². The molecule has 2 aromatic carbocycles. The van der Waals surface area contributed by atoms with Crippen molar-refractivity contribution >= 4 is 10.8 Å². The van der Waals surface area contributed by atoms with E-state index in [0.29, 0.717) is 0 Å². The van der Waals surface area contributed by atoms with Crippen molar-refractivity contribution in [2.75, 3.05) is 7.05 Å². The second-order valence-corrected chi connectivity index (χ2v) is 3.08. The quantitative estimate of drug-likeness (QED) is 0.729. The highest BCUT2D eigenvalue weighted by Crippen LogP contribution is 2.17. The fourth-order valence-electron chi connectivity index (χ4n) is 1.56. The molecule has 0 aliphatic heterocycles. The highest BCUT2D eigenvalue weighted by atomic mass is 14.8. The normalized spacial score (nSPS) is 10.5. The van der Waals surface area contributed by atoms with Gasteiger partial charge in [0.25, 0.3) is 0 Å². The van der Waals surface area contributed by atoms with Crippen LogP contribution >= 0.6 is 0 Å². The van der Waals surface area contributed by atoms with E-state index in [4.69, 9.17) is 0 Å². The molecule has 1 radical (unpaired) electrons. The molecular weight excluding hydrogens is 158 g/mol. The Morgan fingerprint density at radius 3 is 3.00 bits per heavy atom. The first-order valence-electron chi connectivity index (χ1n) is 4.45. The summed E-state index contributed by atoms with van der Waals surface area (Å²) in [5.74, 6) is 0. The molecule has 2 rings (SSSR count). The number of rotatable bonds is 2. The molecule has 1 N–H and O–H groups in total. The first-order chi connectivity index (χ1) is 6.42. The third-order valence-corrected chi connectivity index (χ3v) is 2.16. The molecular formula is C12H12N. The molecule has 0 aliphatic carbocycles. The van der Waals surface area contributed by atoms with Crippen LogP contribution in [0.15, 0.2) is 36.4 Å². The first kappa shape index (κ1) is 8.27. The average molecular weight is 170 g/mol. The lowest BCUT2D eigenvalue weighted by molar-refractivity contribution is 0.824. The maximum atomic E-state index is 3.22. The summed E-state index contributed by atoms with van der Waals surface area (Å²) in [5, 5.41) is 5.64. The molecule has 0 unspecified atom stereocenters. The Bertz CT molecular complexity index is 401.